The molecule has 4 nitrogen and oxygen atoms in total. The fourth-order valence-corrected chi connectivity index (χ4v) is 2.24. The Morgan fingerprint density at radius 2 is 2.31 bits per heavy atom. The molecule has 0 bridgehead atoms. The summed E-state index contributed by atoms with van der Waals surface area (Å²) in [5.41, 5.74) is 2.28. The van der Waals surface area contributed by atoms with Crippen molar-refractivity contribution in [2.45, 2.75) is 18.9 Å². The average Bonchev–Trinajstić information content (AvgIpc) is 2.97. The first-order valence-electron chi connectivity index (χ1n) is 5.63. The number of nitrogens with one attached hydrogen (secondary N) is 1. The molecule has 1 aromatic carbocycles. The minimum Gasteiger partial charge on any atom is -0.373 e. The fraction of sp³-hybridized carbons (Fsp3) is 0.417. The molecule has 2 aliphatic heterocycles. The number of hydrogen-bond acceptors (Lipinski definition) is 3. The number of carbonyl (C=O) groups excluding carboxylic acids is 1. The van der Waals surface area contributed by atoms with Gasteiger partial charge in [-0.3, -0.25) is 9.63 Å². The molecular weight excluding hydrogens is 204 g/mol. The van der Waals surface area contributed by atoms with Gasteiger partial charge in [0, 0.05) is 12.1 Å². The number of fused-ring (bicyclic) bond motifs is 1. The Hall–Kier alpha value is -1.55. The van der Waals surface area contributed by atoms with Gasteiger partial charge in [0.15, 0.2) is 0 Å². The Morgan fingerprint density at radius 1 is 1.44 bits per heavy atom. The van der Waals surface area contributed by atoms with Crippen LogP contribution in [0.15, 0.2) is 24.3 Å². The molecule has 0 spiro atoms. The second-order valence-electron chi connectivity index (χ2n) is 4.19. The van der Waals surface area contributed by atoms with E-state index in [1.165, 1.54) is 10.6 Å². The van der Waals surface area contributed by atoms with Gasteiger partial charge in [0.05, 0.1) is 13.2 Å². The van der Waals surface area contributed by atoms with Crippen molar-refractivity contribution in [3.63, 3.8) is 0 Å². The lowest BCUT2D eigenvalue weighted by atomic mass is 10.1. The van der Waals surface area contributed by atoms with Crippen LogP contribution in [-0.2, 0) is 16.1 Å². The number of anilines is 1. The van der Waals surface area contributed by atoms with Crippen LogP contribution in [0.2, 0.25) is 0 Å². The van der Waals surface area contributed by atoms with Gasteiger partial charge < -0.3 is 5.32 Å². The molecule has 1 aromatic rings. The van der Waals surface area contributed by atoms with Crippen molar-refractivity contribution in [1.29, 1.82) is 0 Å². The van der Waals surface area contributed by atoms with Crippen molar-refractivity contribution in [2.75, 3.05) is 18.5 Å². The Labute approximate surface area is 94.1 Å². The number of amides is 1. The van der Waals surface area contributed by atoms with E-state index < -0.39 is 0 Å². The molecular formula is C12H14N2O2. The zero-order chi connectivity index (χ0) is 11.0. The summed E-state index contributed by atoms with van der Waals surface area (Å²) in [6.45, 7) is 1.37. The lowest BCUT2D eigenvalue weighted by Crippen LogP contribution is -2.39. The Morgan fingerprint density at radius 3 is 3.06 bits per heavy atom. The average molecular weight is 218 g/mol. The van der Waals surface area contributed by atoms with Crippen LogP contribution in [0.25, 0.3) is 0 Å². The molecule has 2 aliphatic rings. The Bertz CT molecular complexity index is 388. The molecule has 0 aliphatic carbocycles. The van der Waals surface area contributed by atoms with Gasteiger partial charge in [-0.1, -0.05) is 18.2 Å². The molecule has 0 saturated carbocycles. The first-order valence-corrected chi connectivity index (χ1v) is 5.63. The molecule has 1 saturated heterocycles. The van der Waals surface area contributed by atoms with E-state index in [4.69, 9.17) is 4.84 Å². The van der Waals surface area contributed by atoms with Gasteiger partial charge in [-0.2, -0.15) is 0 Å². The van der Waals surface area contributed by atoms with E-state index >= 15 is 0 Å². The summed E-state index contributed by atoms with van der Waals surface area (Å²) in [6, 6.07) is 7.88. The standard InChI is InChI=1S/C12H14N2O2/c15-12(14-6-3-7-16-14)11-8-9-4-1-2-5-10(9)13-11/h1-2,4-5,11,13H,3,6-8H2/t11-/m0/s1. The molecule has 84 valence electrons. The third-order valence-corrected chi connectivity index (χ3v) is 3.07. The molecule has 0 unspecified atom stereocenters. The maximum atomic E-state index is 12.1. The molecule has 1 amide bonds. The van der Waals surface area contributed by atoms with Crippen molar-refractivity contribution < 1.29 is 9.63 Å². The van der Waals surface area contributed by atoms with E-state index in [2.05, 4.69) is 11.4 Å². The van der Waals surface area contributed by atoms with Crippen LogP contribution in [0.4, 0.5) is 5.69 Å². The predicted molar refractivity (Wildman–Crippen MR) is 59.8 cm³/mol. The zero-order valence-electron chi connectivity index (χ0n) is 8.98. The highest BCUT2D eigenvalue weighted by molar-refractivity contribution is 5.86. The van der Waals surface area contributed by atoms with E-state index in [1.807, 2.05) is 18.2 Å². The summed E-state index contributed by atoms with van der Waals surface area (Å²) in [5, 5.41) is 4.73. The Kier molecular flexibility index (Phi) is 2.29. The minimum atomic E-state index is -0.157. The number of benzene rings is 1. The van der Waals surface area contributed by atoms with Crippen molar-refractivity contribution in [3.05, 3.63) is 29.8 Å². The monoisotopic (exact) mass is 218 g/mol. The van der Waals surface area contributed by atoms with Gasteiger partial charge in [0.1, 0.15) is 6.04 Å². The van der Waals surface area contributed by atoms with Crippen LogP contribution >= 0.6 is 0 Å². The third kappa shape index (κ3) is 1.55. The van der Waals surface area contributed by atoms with Gasteiger partial charge in [-0.05, 0) is 18.1 Å². The summed E-state index contributed by atoms with van der Waals surface area (Å²) in [7, 11) is 0. The lowest BCUT2D eigenvalue weighted by molar-refractivity contribution is -0.169. The smallest absolute Gasteiger partial charge is 0.268 e. The maximum Gasteiger partial charge on any atom is 0.268 e. The van der Waals surface area contributed by atoms with Gasteiger partial charge in [0.25, 0.3) is 5.91 Å². The van der Waals surface area contributed by atoms with Crippen molar-refractivity contribution in [2.24, 2.45) is 0 Å². The van der Waals surface area contributed by atoms with E-state index in [-0.39, 0.29) is 11.9 Å². The first-order chi connectivity index (χ1) is 7.84. The van der Waals surface area contributed by atoms with E-state index in [0.717, 1.165) is 18.5 Å². The molecule has 0 aromatic heterocycles. The normalized spacial score (nSPS) is 23.0. The predicted octanol–water partition coefficient (Wildman–Crippen LogP) is 1.19. The van der Waals surface area contributed by atoms with E-state index in [0.29, 0.717) is 13.2 Å². The molecule has 1 fully saturated rings. The van der Waals surface area contributed by atoms with Crippen LogP contribution in [0.3, 0.4) is 0 Å². The topological polar surface area (TPSA) is 41.6 Å². The molecule has 2 heterocycles. The summed E-state index contributed by atoms with van der Waals surface area (Å²) in [6.07, 6.45) is 1.69. The summed E-state index contributed by atoms with van der Waals surface area (Å²) < 4.78 is 0. The first kappa shape index (κ1) is 9.66. The largest absolute Gasteiger partial charge is 0.373 e. The van der Waals surface area contributed by atoms with Crippen LogP contribution in [0, 0.1) is 0 Å². The van der Waals surface area contributed by atoms with Gasteiger partial charge in [-0.15, -0.1) is 0 Å². The van der Waals surface area contributed by atoms with Gasteiger partial charge >= 0.3 is 0 Å². The minimum absolute atomic E-state index is 0.0497. The van der Waals surface area contributed by atoms with E-state index in [9.17, 15) is 4.79 Å². The molecule has 16 heavy (non-hydrogen) atoms. The molecule has 1 N–H and O–H groups in total. The molecule has 3 rings (SSSR count). The van der Waals surface area contributed by atoms with Crippen molar-refractivity contribution in [3.8, 4) is 0 Å². The third-order valence-electron chi connectivity index (χ3n) is 3.07. The van der Waals surface area contributed by atoms with Crippen LogP contribution in [0.1, 0.15) is 12.0 Å². The highest BCUT2D eigenvalue weighted by atomic mass is 16.7. The summed E-state index contributed by atoms with van der Waals surface area (Å²) in [5.74, 6) is 0.0497. The van der Waals surface area contributed by atoms with Crippen molar-refractivity contribution >= 4 is 11.6 Å². The van der Waals surface area contributed by atoms with Crippen molar-refractivity contribution in [1.82, 2.24) is 5.06 Å². The summed E-state index contributed by atoms with van der Waals surface area (Å²) in [4.78, 5) is 17.3. The fourth-order valence-electron chi connectivity index (χ4n) is 2.24. The van der Waals surface area contributed by atoms with Crippen LogP contribution in [-0.4, -0.2) is 30.2 Å². The maximum absolute atomic E-state index is 12.1. The SMILES string of the molecule is O=C([C@@H]1Cc2ccccc2N1)N1CCCO1. The lowest BCUT2D eigenvalue weighted by Gasteiger charge is -2.18. The van der Waals surface area contributed by atoms with Crippen LogP contribution < -0.4 is 5.32 Å². The second-order valence-corrected chi connectivity index (χ2v) is 4.19. The molecule has 4 heteroatoms. The van der Waals surface area contributed by atoms with E-state index in [1.54, 1.807) is 0 Å². The number of carbonyl (C=O) groups is 1. The highest BCUT2D eigenvalue weighted by Gasteiger charge is 2.31. The number of hydroxylamine groups is 2. The number of hydrogen-bond donors (Lipinski definition) is 1. The van der Waals surface area contributed by atoms with Gasteiger partial charge in [0.2, 0.25) is 0 Å². The van der Waals surface area contributed by atoms with Crippen LogP contribution in [0.5, 0.6) is 0 Å². The summed E-state index contributed by atoms with van der Waals surface area (Å²) >= 11 is 0. The number of rotatable bonds is 1. The highest BCUT2D eigenvalue weighted by Crippen LogP contribution is 2.26. The molecule has 1 atom stereocenters. The second kappa shape index (κ2) is 3.79. The number of para-hydroxylation sites is 1. The zero-order valence-corrected chi connectivity index (χ0v) is 8.98. The molecule has 0 radical (unpaired) electrons. The van der Waals surface area contributed by atoms with Gasteiger partial charge in [-0.25, -0.2) is 5.06 Å². The quantitative estimate of drug-likeness (QED) is 0.769. The number of nitrogens with zero attached hydrogens (tertiary/aromatic N) is 1. The Balaban J connectivity index is 1.73.